The number of amides is 1. The number of aromatic nitrogens is 5. The maximum absolute atomic E-state index is 12.0. The van der Waals surface area contributed by atoms with Gasteiger partial charge < -0.3 is 0 Å². The van der Waals surface area contributed by atoms with E-state index in [1.807, 2.05) is 19.1 Å². The molecule has 0 saturated carbocycles. The summed E-state index contributed by atoms with van der Waals surface area (Å²) in [4.78, 5) is 16.1. The van der Waals surface area contributed by atoms with E-state index in [9.17, 15) is 4.79 Å². The third kappa shape index (κ3) is 3.93. The van der Waals surface area contributed by atoms with Crippen LogP contribution in [0.4, 0.5) is 5.95 Å². The Hall–Kier alpha value is -2.38. The Labute approximate surface area is 148 Å². The van der Waals surface area contributed by atoms with Crippen LogP contribution >= 0.6 is 23.2 Å². The van der Waals surface area contributed by atoms with Crippen molar-refractivity contribution in [1.82, 2.24) is 24.5 Å². The predicted octanol–water partition coefficient (Wildman–Crippen LogP) is 2.78. The van der Waals surface area contributed by atoms with Crippen molar-refractivity contribution in [2.45, 2.75) is 20.0 Å². The molecule has 1 N–H and O–H groups in total. The van der Waals surface area contributed by atoms with Crippen LogP contribution in [0.2, 0.25) is 10.0 Å². The molecule has 0 unspecified atom stereocenters. The van der Waals surface area contributed by atoms with Crippen molar-refractivity contribution in [3.63, 3.8) is 0 Å². The van der Waals surface area contributed by atoms with Crippen LogP contribution in [0.3, 0.4) is 0 Å². The lowest BCUT2D eigenvalue weighted by Crippen LogP contribution is -2.21. The van der Waals surface area contributed by atoms with E-state index in [1.165, 1.54) is 6.33 Å². The summed E-state index contributed by atoms with van der Waals surface area (Å²) in [6.45, 7) is 2.41. The van der Waals surface area contributed by atoms with Crippen LogP contribution in [-0.4, -0.2) is 30.5 Å². The normalized spacial score (nSPS) is 10.8. The van der Waals surface area contributed by atoms with Gasteiger partial charge in [-0.3, -0.25) is 14.8 Å². The van der Waals surface area contributed by atoms with Gasteiger partial charge in [0.05, 0.1) is 6.54 Å². The second-order valence-corrected chi connectivity index (χ2v) is 6.02. The minimum absolute atomic E-state index is 0.108. The van der Waals surface area contributed by atoms with Crippen molar-refractivity contribution >= 4 is 35.1 Å². The number of halogens is 2. The summed E-state index contributed by atoms with van der Waals surface area (Å²) in [6, 6.07) is 7.08. The van der Waals surface area contributed by atoms with Crippen molar-refractivity contribution in [2.24, 2.45) is 0 Å². The molecule has 0 fully saturated rings. The highest BCUT2D eigenvalue weighted by Crippen LogP contribution is 2.21. The summed E-state index contributed by atoms with van der Waals surface area (Å²) in [5.74, 6) is -0.0148. The molecule has 124 valence electrons. The van der Waals surface area contributed by atoms with Crippen LogP contribution in [-0.2, 0) is 17.9 Å². The Balaban J connectivity index is 1.63. The molecule has 1 amide bonds. The van der Waals surface area contributed by atoms with E-state index in [4.69, 9.17) is 23.2 Å². The molecule has 2 heterocycles. The van der Waals surface area contributed by atoms with Crippen LogP contribution in [0.15, 0.2) is 36.8 Å². The van der Waals surface area contributed by atoms with Crippen LogP contribution in [0.25, 0.3) is 0 Å². The number of nitrogens with zero attached hydrogens (tertiary/aromatic N) is 5. The van der Waals surface area contributed by atoms with Gasteiger partial charge in [-0.05, 0) is 30.7 Å². The number of hydrogen-bond acceptors (Lipinski definition) is 4. The SMILES string of the molecule is Cc1ccnn1CC(=O)Nc1ncn(Cc2ccc(Cl)cc2Cl)n1. The maximum Gasteiger partial charge on any atom is 0.248 e. The molecule has 0 radical (unpaired) electrons. The Morgan fingerprint density at radius 3 is 2.83 bits per heavy atom. The number of carbonyl (C=O) groups excluding carboxylic acids is 1. The van der Waals surface area contributed by atoms with Gasteiger partial charge in [-0.1, -0.05) is 29.3 Å². The number of benzene rings is 1. The largest absolute Gasteiger partial charge is 0.292 e. The summed E-state index contributed by atoms with van der Waals surface area (Å²) in [5, 5.41) is 12.0. The first kappa shape index (κ1) is 16.5. The maximum atomic E-state index is 12.0. The number of anilines is 1. The Morgan fingerprint density at radius 1 is 1.29 bits per heavy atom. The minimum atomic E-state index is -0.246. The topological polar surface area (TPSA) is 77.6 Å². The van der Waals surface area contributed by atoms with Crippen molar-refractivity contribution in [3.05, 3.63) is 58.1 Å². The van der Waals surface area contributed by atoms with Gasteiger partial charge in [-0.25, -0.2) is 9.67 Å². The monoisotopic (exact) mass is 364 g/mol. The van der Waals surface area contributed by atoms with Crippen molar-refractivity contribution in [1.29, 1.82) is 0 Å². The third-order valence-corrected chi connectivity index (χ3v) is 3.94. The fourth-order valence-corrected chi connectivity index (χ4v) is 2.59. The van der Waals surface area contributed by atoms with Crippen molar-refractivity contribution < 1.29 is 4.79 Å². The molecule has 0 atom stereocenters. The molecule has 1 aromatic carbocycles. The summed E-state index contributed by atoms with van der Waals surface area (Å²) in [5.41, 5.74) is 1.76. The Bertz CT molecular complexity index is 872. The van der Waals surface area contributed by atoms with E-state index < -0.39 is 0 Å². The molecule has 24 heavy (non-hydrogen) atoms. The molecular formula is C15H14Cl2N6O. The Morgan fingerprint density at radius 2 is 2.12 bits per heavy atom. The average molecular weight is 365 g/mol. The summed E-state index contributed by atoms with van der Waals surface area (Å²) >= 11 is 12.0. The summed E-state index contributed by atoms with van der Waals surface area (Å²) in [7, 11) is 0. The zero-order valence-corrected chi connectivity index (χ0v) is 14.3. The highest BCUT2D eigenvalue weighted by molar-refractivity contribution is 6.35. The molecule has 3 rings (SSSR count). The van der Waals surface area contributed by atoms with E-state index in [1.54, 1.807) is 27.7 Å². The first-order valence-corrected chi connectivity index (χ1v) is 7.88. The van der Waals surface area contributed by atoms with Gasteiger partial charge in [0.1, 0.15) is 12.9 Å². The quantitative estimate of drug-likeness (QED) is 0.754. The molecule has 7 nitrogen and oxygen atoms in total. The van der Waals surface area contributed by atoms with Crippen LogP contribution < -0.4 is 5.32 Å². The molecule has 0 spiro atoms. The molecule has 0 aliphatic rings. The summed E-state index contributed by atoms with van der Waals surface area (Å²) in [6.07, 6.45) is 3.17. The molecule has 3 aromatic rings. The molecule has 2 aromatic heterocycles. The number of hydrogen-bond donors (Lipinski definition) is 1. The van der Waals surface area contributed by atoms with E-state index in [2.05, 4.69) is 20.5 Å². The molecular weight excluding hydrogens is 351 g/mol. The van der Waals surface area contributed by atoms with Crippen LogP contribution in [0.5, 0.6) is 0 Å². The van der Waals surface area contributed by atoms with Gasteiger partial charge in [0.15, 0.2) is 0 Å². The van der Waals surface area contributed by atoms with Crippen LogP contribution in [0, 0.1) is 6.92 Å². The highest BCUT2D eigenvalue weighted by Gasteiger charge is 2.10. The Kier molecular flexibility index (Phi) is 4.82. The standard InChI is InChI=1S/C15H14Cl2N6O/c1-10-4-5-19-23(10)8-14(24)20-15-18-9-22(21-15)7-11-2-3-12(16)6-13(11)17/h2-6,9H,7-8H2,1H3,(H,20,21,24). The first-order chi connectivity index (χ1) is 11.5. The number of aryl methyl sites for hydroxylation is 1. The fourth-order valence-electron chi connectivity index (χ4n) is 2.12. The number of carbonyl (C=O) groups is 1. The van der Waals surface area contributed by atoms with Gasteiger partial charge in [0.25, 0.3) is 0 Å². The fraction of sp³-hybridized carbons (Fsp3) is 0.200. The van der Waals surface area contributed by atoms with Crippen molar-refractivity contribution in [2.75, 3.05) is 5.32 Å². The van der Waals surface area contributed by atoms with E-state index in [0.29, 0.717) is 16.6 Å². The van der Waals surface area contributed by atoms with Gasteiger partial charge in [0, 0.05) is 21.9 Å². The van der Waals surface area contributed by atoms with Gasteiger partial charge in [-0.2, -0.15) is 5.10 Å². The van der Waals surface area contributed by atoms with Gasteiger partial charge in [0.2, 0.25) is 11.9 Å². The predicted molar refractivity (Wildman–Crippen MR) is 91.2 cm³/mol. The lowest BCUT2D eigenvalue weighted by atomic mass is 10.2. The first-order valence-electron chi connectivity index (χ1n) is 7.13. The lowest BCUT2D eigenvalue weighted by molar-refractivity contribution is -0.117. The van der Waals surface area contributed by atoms with E-state index >= 15 is 0 Å². The zero-order valence-electron chi connectivity index (χ0n) is 12.8. The molecule has 0 saturated heterocycles. The highest BCUT2D eigenvalue weighted by atomic mass is 35.5. The van der Waals surface area contributed by atoms with Gasteiger partial charge >= 0.3 is 0 Å². The van der Waals surface area contributed by atoms with E-state index in [-0.39, 0.29) is 18.4 Å². The number of nitrogens with one attached hydrogen (secondary N) is 1. The van der Waals surface area contributed by atoms with E-state index in [0.717, 1.165) is 11.3 Å². The zero-order chi connectivity index (χ0) is 17.1. The lowest BCUT2D eigenvalue weighted by Gasteiger charge is -2.05. The molecule has 0 aliphatic heterocycles. The summed E-state index contributed by atoms with van der Waals surface area (Å²) < 4.78 is 3.18. The smallest absolute Gasteiger partial charge is 0.248 e. The second-order valence-electron chi connectivity index (χ2n) is 5.18. The third-order valence-electron chi connectivity index (χ3n) is 3.36. The van der Waals surface area contributed by atoms with Crippen molar-refractivity contribution in [3.8, 4) is 0 Å². The average Bonchev–Trinajstić information content (AvgIpc) is 3.12. The minimum Gasteiger partial charge on any atom is -0.292 e. The molecule has 9 heteroatoms. The number of rotatable bonds is 5. The van der Waals surface area contributed by atoms with Gasteiger partial charge in [-0.15, -0.1) is 5.10 Å². The van der Waals surface area contributed by atoms with Crippen LogP contribution in [0.1, 0.15) is 11.3 Å². The second kappa shape index (κ2) is 7.02. The molecule has 0 bridgehead atoms. The molecule has 0 aliphatic carbocycles.